The molecule has 162 valence electrons. The van der Waals surface area contributed by atoms with E-state index in [9.17, 15) is 9.59 Å². The third-order valence-corrected chi connectivity index (χ3v) is 5.77. The monoisotopic (exact) mass is 438 g/mol. The SMILES string of the molecule is CCOC(=O)CC(NC(=O)CSc1nncn1-c1ccc(C)c(C)c1)c1ccccc1. The Labute approximate surface area is 186 Å². The molecule has 0 radical (unpaired) electrons. The van der Waals surface area contributed by atoms with Crippen molar-refractivity contribution in [1.82, 2.24) is 20.1 Å². The average Bonchev–Trinajstić information content (AvgIpc) is 3.23. The van der Waals surface area contributed by atoms with E-state index in [0.717, 1.165) is 11.3 Å². The molecule has 0 fully saturated rings. The smallest absolute Gasteiger partial charge is 0.308 e. The minimum atomic E-state index is -0.453. The summed E-state index contributed by atoms with van der Waals surface area (Å²) in [5.74, 6) is -0.396. The number of benzene rings is 2. The van der Waals surface area contributed by atoms with Gasteiger partial charge in [0.05, 0.1) is 24.8 Å². The van der Waals surface area contributed by atoms with Gasteiger partial charge in [-0.15, -0.1) is 10.2 Å². The third-order valence-electron chi connectivity index (χ3n) is 4.83. The van der Waals surface area contributed by atoms with E-state index in [1.807, 2.05) is 47.0 Å². The number of thioether (sulfide) groups is 1. The first-order chi connectivity index (χ1) is 15.0. The standard InChI is InChI=1S/C23H26N4O3S/c1-4-30-22(29)13-20(18-8-6-5-7-9-18)25-21(28)14-31-23-26-24-15-27(23)19-11-10-16(2)17(3)12-19/h5-12,15,20H,4,13-14H2,1-3H3,(H,25,28). The molecule has 1 aromatic heterocycles. The van der Waals surface area contributed by atoms with Crippen LogP contribution in [0, 0.1) is 13.8 Å². The molecule has 2 aromatic carbocycles. The fourth-order valence-electron chi connectivity index (χ4n) is 3.07. The van der Waals surface area contributed by atoms with Crippen molar-refractivity contribution in [2.75, 3.05) is 12.4 Å². The van der Waals surface area contributed by atoms with E-state index >= 15 is 0 Å². The second-order valence-electron chi connectivity index (χ2n) is 7.08. The van der Waals surface area contributed by atoms with Crippen molar-refractivity contribution in [2.45, 2.75) is 38.4 Å². The summed E-state index contributed by atoms with van der Waals surface area (Å²) in [6.07, 6.45) is 1.71. The lowest BCUT2D eigenvalue weighted by Gasteiger charge is -2.18. The predicted octanol–water partition coefficient (Wildman–Crippen LogP) is 3.79. The Balaban J connectivity index is 1.66. The summed E-state index contributed by atoms with van der Waals surface area (Å²) < 4.78 is 6.92. The highest BCUT2D eigenvalue weighted by Crippen LogP contribution is 2.22. The second-order valence-corrected chi connectivity index (χ2v) is 8.02. The normalized spacial score (nSPS) is 11.7. The first kappa shape index (κ1) is 22.6. The Morgan fingerprint density at radius 2 is 1.90 bits per heavy atom. The van der Waals surface area contributed by atoms with E-state index in [2.05, 4.69) is 35.4 Å². The molecule has 0 saturated carbocycles. The Morgan fingerprint density at radius 1 is 1.13 bits per heavy atom. The predicted molar refractivity (Wildman–Crippen MR) is 120 cm³/mol. The molecule has 1 unspecified atom stereocenters. The minimum Gasteiger partial charge on any atom is -0.466 e. The van der Waals surface area contributed by atoms with E-state index in [-0.39, 0.29) is 24.1 Å². The van der Waals surface area contributed by atoms with Gasteiger partial charge in [-0.2, -0.15) is 0 Å². The third kappa shape index (κ3) is 6.18. The van der Waals surface area contributed by atoms with Crippen LogP contribution >= 0.6 is 11.8 Å². The van der Waals surface area contributed by atoms with Crippen molar-refractivity contribution in [1.29, 1.82) is 0 Å². The molecule has 0 aliphatic heterocycles. The van der Waals surface area contributed by atoms with E-state index < -0.39 is 6.04 Å². The number of aryl methyl sites for hydroxylation is 2. The molecule has 1 heterocycles. The molecule has 0 aliphatic carbocycles. The molecule has 0 aliphatic rings. The molecule has 1 N–H and O–H groups in total. The molecule has 1 amide bonds. The topological polar surface area (TPSA) is 86.1 Å². The van der Waals surface area contributed by atoms with Crippen LogP contribution < -0.4 is 5.32 Å². The maximum atomic E-state index is 12.7. The first-order valence-corrected chi connectivity index (χ1v) is 11.1. The number of rotatable bonds is 9. The summed E-state index contributed by atoms with van der Waals surface area (Å²) in [6, 6.07) is 15.1. The van der Waals surface area contributed by atoms with Gasteiger partial charge in [0.25, 0.3) is 0 Å². The molecule has 0 bridgehead atoms. The van der Waals surface area contributed by atoms with Gasteiger partial charge in [-0.05, 0) is 49.6 Å². The van der Waals surface area contributed by atoms with Crippen LogP contribution in [0.2, 0.25) is 0 Å². The molecule has 31 heavy (non-hydrogen) atoms. The van der Waals surface area contributed by atoms with Crippen LogP contribution in [0.25, 0.3) is 5.69 Å². The Bertz CT molecular complexity index is 1040. The van der Waals surface area contributed by atoms with Gasteiger partial charge < -0.3 is 10.1 Å². The maximum absolute atomic E-state index is 12.7. The van der Waals surface area contributed by atoms with Crippen LogP contribution in [0.15, 0.2) is 60.0 Å². The van der Waals surface area contributed by atoms with Crippen molar-refractivity contribution in [3.63, 3.8) is 0 Å². The van der Waals surface area contributed by atoms with Crippen LogP contribution in [0.3, 0.4) is 0 Å². The molecule has 0 spiro atoms. The lowest BCUT2D eigenvalue weighted by Crippen LogP contribution is -2.32. The summed E-state index contributed by atoms with van der Waals surface area (Å²) in [6.45, 7) is 6.18. The van der Waals surface area contributed by atoms with Gasteiger partial charge in [0.15, 0.2) is 5.16 Å². The number of nitrogens with one attached hydrogen (secondary N) is 1. The Hall–Kier alpha value is -3.13. The van der Waals surface area contributed by atoms with Crippen LogP contribution in [0.5, 0.6) is 0 Å². The Kier molecular flexibility index (Phi) is 7.83. The highest BCUT2D eigenvalue weighted by atomic mass is 32.2. The van der Waals surface area contributed by atoms with Crippen LogP contribution in [0.1, 0.15) is 36.1 Å². The summed E-state index contributed by atoms with van der Waals surface area (Å²) >= 11 is 1.29. The second kappa shape index (κ2) is 10.8. The molecule has 8 heteroatoms. The number of carbonyl (C=O) groups excluding carboxylic acids is 2. The van der Waals surface area contributed by atoms with E-state index in [4.69, 9.17) is 4.74 Å². The number of nitrogens with zero attached hydrogens (tertiary/aromatic N) is 3. The molecule has 7 nitrogen and oxygen atoms in total. The first-order valence-electron chi connectivity index (χ1n) is 10.1. The zero-order chi connectivity index (χ0) is 22.2. The fourth-order valence-corrected chi connectivity index (χ4v) is 3.81. The fraction of sp³-hybridized carbons (Fsp3) is 0.304. The van der Waals surface area contributed by atoms with Crippen molar-refractivity contribution in [3.05, 3.63) is 71.5 Å². The number of carbonyl (C=O) groups is 2. The number of esters is 1. The van der Waals surface area contributed by atoms with Gasteiger partial charge in [-0.3, -0.25) is 14.2 Å². The highest BCUT2D eigenvalue weighted by Gasteiger charge is 2.20. The zero-order valence-electron chi connectivity index (χ0n) is 17.9. The lowest BCUT2D eigenvalue weighted by molar-refractivity contribution is -0.143. The van der Waals surface area contributed by atoms with Crippen LogP contribution in [-0.4, -0.2) is 39.0 Å². The number of amides is 1. The van der Waals surface area contributed by atoms with Crippen molar-refractivity contribution < 1.29 is 14.3 Å². The summed E-state index contributed by atoms with van der Waals surface area (Å²) in [5.41, 5.74) is 4.18. The maximum Gasteiger partial charge on any atom is 0.308 e. The highest BCUT2D eigenvalue weighted by molar-refractivity contribution is 7.99. The van der Waals surface area contributed by atoms with Gasteiger partial charge >= 0.3 is 5.97 Å². The van der Waals surface area contributed by atoms with Crippen molar-refractivity contribution in [3.8, 4) is 5.69 Å². The van der Waals surface area contributed by atoms with Crippen LogP contribution in [-0.2, 0) is 14.3 Å². The van der Waals surface area contributed by atoms with Crippen molar-refractivity contribution >= 4 is 23.6 Å². The zero-order valence-corrected chi connectivity index (χ0v) is 18.7. The molecule has 3 aromatic rings. The molecular weight excluding hydrogens is 412 g/mol. The van der Waals surface area contributed by atoms with Gasteiger partial charge in [-0.25, -0.2) is 0 Å². The number of aromatic nitrogens is 3. The van der Waals surface area contributed by atoms with Gasteiger partial charge in [0.1, 0.15) is 6.33 Å². The number of ether oxygens (including phenoxy) is 1. The summed E-state index contributed by atoms with van der Waals surface area (Å²) in [4.78, 5) is 24.7. The van der Waals surface area contributed by atoms with Gasteiger partial charge in [-0.1, -0.05) is 48.2 Å². The number of hydrogen-bond acceptors (Lipinski definition) is 6. The molecule has 0 saturated heterocycles. The lowest BCUT2D eigenvalue weighted by atomic mass is 10.0. The Morgan fingerprint density at radius 3 is 2.61 bits per heavy atom. The van der Waals surface area contributed by atoms with E-state index in [0.29, 0.717) is 11.8 Å². The van der Waals surface area contributed by atoms with Gasteiger partial charge in [0, 0.05) is 5.69 Å². The molecular formula is C23H26N4O3S. The molecule has 1 atom stereocenters. The van der Waals surface area contributed by atoms with Crippen LogP contribution in [0.4, 0.5) is 0 Å². The largest absolute Gasteiger partial charge is 0.466 e. The molecule has 3 rings (SSSR count). The van der Waals surface area contributed by atoms with Gasteiger partial charge in [0.2, 0.25) is 5.91 Å². The van der Waals surface area contributed by atoms with E-state index in [1.54, 1.807) is 13.3 Å². The summed E-state index contributed by atoms with van der Waals surface area (Å²) in [5, 5.41) is 11.7. The quantitative estimate of drug-likeness (QED) is 0.404. The van der Waals surface area contributed by atoms with E-state index in [1.165, 1.54) is 22.9 Å². The number of hydrogen-bond donors (Lipinski definition) is 1. The average molecular weight is 439 g/mol. The minimum absolute atomic E-state index is 0.0765. The summed E-state index contributed by atoms with van der Waals surface area (Å²) in [7, 11) is 0. The van der Waals surface area contributed by atoms with Crippen molar-refractivity contribution in [2.24, 2.45) is 0 Å².